The lowest BCUT2D eigenvalue weighted by Crippen LogP contribution is -2.50. The van der Waals surface area contributed by atoms with E-state index in [2.05, 4.69) is 5.32 Å². The number of ether oxygens (including phenoxy) is 3. The summed E-state index contributed by atoms with van der Waals surface area (Å²) in [6, 6.07) is 12.2. The van der Waals surface area contributed by atoms with Crippen LogP contribution in [0.2, 0.25) is 15.1 Å². The van der Waals surface area contributed by atoms with Crippen LogP contribution in [0.1, 0.15) is 12.5 Å². The summed E-state index contributed by atoms with van der Waals surface area (Å²) in [5.41, 5.74) is 0.582. The van der Waals surface area contributed by atoms with Gasteiger partial charge in [0.2, 0.25) is 11.8 Å². The van der Waals surface area contributed by atoms with Crippen molar-refractivity contribution in [2.24, 2.45) is 0 Å². The number of methoxy groups -OCH3 is 3. The highest BCUT2D eigenvalue weighted by atomic mass is 35.5. The number of carbonyl (C=O) groups excluding carboxylic acids is 2. The lowest BCUT2D eigenvalue weighted by atomic mass is 10.1. The molecule has 3 aromatic carbocycles. The highest BCUT2D eigenvalue weighted by molar-refractivity contribution is 7.92. The second-order valence-electron chi connectivity index (χ2n) is 8.90. The van der Waals surface area contributed by atoms with Gasteiger partial charge in [0, 0.05) is 24.7 Å². The Labute approximate surface area is 260 Å². The monoisotopic (exact) mass is 657 g/mol. The van der Waals surface area contributed by atoms with Crippen LogP contribution in [0.5, 0.6) is 17.2 Å². The van der Waals surface area contributed by atoms with E-state index in [4.69, 9.17) is 49.0 Å². The zero-order valence-corrected chi connectivity index (χ0v) is 26.6. The van der Waals surface area contributed by atoms with Crippen molar-refractivity contribution in [2.45, 2.75) is 24.4 Å². The zero-order valence-electron chi connectivity index (χ0n) is 23.5. The maximum absolute atomic E-state index is 14.2. The van der Waals surface area contributed by atoms with Crippen LogP contribution in [0.15, 0.2) is 59.5 Å². The molecule has 0 saturated heterocycles. The minimum atomic E-state index is -4.45. The molecule has 0 spiro atoms. The summed E-state index contributed by atoms with van der Waals surface area (Å²) in [6.07, 6.45) is 0. The van der Waals surface area contributed by atoms with Gasteiger partial charge in [-0.25, -0.2) is 8.42 Å². The molecule has 10 nitrogen and oxygen atoms in total. The van der Waals surface area contributed by atoms with Crippen molar-refractivity contribution >= 4 is 62.3 Å². The van der Waals surface area contributed by atoms with E-state index in [1.807, 2.05) is 0 Å². The van der Waals surface area contributed by atoms with E-state index in [-0.39, 0.29) is 38.7 Å². The predicted octanol–water partition coefficient (Wildman–Crippen LogP) is 5.03. The number of benzene rings is 3. The van der Waals surface area contributed by atoms with Crippen LogP contribution in [0, 0.1) is 0 Å². The molecular formula is C28H30Cl3N3O7S. The predicted molar refractivity (Wildman–Crippen MR) is 163 cm³/mol. The molecule has 42 heavy (non-hydrogen) atoms. The maximum atomic E-state index is 14.2. The van der Waals surface area contributed by atoms with E-state index in [1.165, 1.54) is 76.6 Å². The van der Waals surface area contributed by atoms with Crippen molar-refractivity contribution in [3.63, 3.8) is 0 Å². The van der Waals surface area contributed by atoms with Crippen LogP contribution >= 0.6 is 34.8 Å². The Balaban J connectivity index is 2.16. The van der Waals surface area contributed by atoms with Gasteiger partial charge >= 0.3 is 0 Å². The quantitative estimate of drug-likeness (QED) is 0.290. The Bertz CT molecular complexity index is 1570. The minimum absolute atomic E-state index is 0.00946. The average Bonchev–Trinajstić information content (AvgIpc) is 2.98. The molecule has 2 amide bonds. The molecule has 1 N–H and O–H groups in total. The molecule has 0 saturated carbocycles. The van der Waals surface area contributed by atoms with Crippen LogP contribution in [0.25, 0.3) is 0 Å². The van der Waals surface area contributed by atoms with Gasteiger partial charge in [-0.15, -0.1) is 0 Å². The number of anilines is 1. The van der Waals surface area contributed by atoms with Gasteiger partial charge in [-0.3, -0.25) is 13.9 Å². The third-order valence-electron chi connectivity index (χ3n) is 6.38. The molecule has 0 fully saturated rings. The normalized spacial score (nSPS) is 11.8. The molecule has 3 aromatic rings. The number of likely N-dealkylation sites (N-methyl/N-ethyl adjacent to an activating group) is 1. The zero-order chi connectivity index (χ0) is 31.2. The standard InChI is InChI=1S/C28H30Cl3N3O7S/c1-17(28(36)32-2)33(15-18-6-9-21(30)22(31)12-18)27(35)16-34(23-13-19(29)7-10-24(23)39-3)42(37,38)20-8-11-25(40-4)26(14-20)41-5/h6-14,17H,15-16H2,1-5H3,(H,32,36). The van der Waals surface area contributed by atoms with Gasteiger partial charge in [0.05, 0.1) is 42.0 Å². The molecule has 1 atom stereocenters. The first kappa shape index (κ1) is 33.1. The van der Waals surface area contributed by atoms with Gasteiger partial charge in [0.25, 0.3) is 10.0 Å². The third kappa shape index (κ3) is 7.33. The molecule has 14 heteroatoms. The number of sulfonamides is 1. The van der Waals surface area contributed by atoms with E-state index in [9.17, 15) is 18.0 Å². The Kier molecular flexibility index (Phi) is 11.2. The molecule has 0 heterocycles. The number of nitrogens with zero attached hydrogens (tertiary/aromatic N) is 2. The first-order valence-corrected chi connectivity index (χ1v) is 15.0. The highest BCUT2D eigenvalue weighted by Crippen LogP contribution is 2.37. The van der Waals surface area contributed by atoms with Crippen LogP contribution in [0.4, 0.5) is 5.69 Å². The molecule has 0 aliphatic carbocycles. The second kappa shape index (κ2) is 14.2. The molecule has 0 aromatic heterocycles. The Morgan fingerprint density at radius 1 is 0.857 bits per heavy atom. The van der Waals surface area contributed by atoms with Crippen molar-refractivity contribution in [1.29, 1.82) is 0 Å². The highest BCUT2D eigenvalue weighted by Gasteiger charge is 2.34. The van der Waals surface area contributed by atoms with Crippen LogP contribution in [-0.2, 0) is 26.2 Å². The SMILES string of the molecule is CNC(=O)C(C)N(Cc1ccc(Cl)c(Cl)c1)C(=O)CN(c1cc(Cl)ccc1OC)S(=O)(=O)c1ccc(OC)c(OC)c1. The summed E-state index contributed by atoms with van der Waals surface area (Å²) in [6.45, 7) is 0.749. The van der Waals surface area contributed by atoms with E-state index >= 15 is 0 Å². The molecule has 0 bridgehead atoms. The van der Waals surface area contributed by atoms with Crippen molar-refractivity contribution in [2.75, 3.05) is 39.2 Å². The summed E-state index contributed by atoms with van der Waals surface area (Å²) in [4.78, 5) is 27.7. The summed E-state index contributed by atoms with van der Waals surface area (Å²) >= 11 is 18.5. The number of nitrogens with one attached hydrogen (secondary N) is 1. The second-order valence-corrected chi connectivity index (χ2v) is 12.0. The summed E-state index contributed by atoms with van der Waals surface area (Å²) in [7, 11) is 1.14. The smallest absolute Gasteiger partial charge is 0.265 e. The number of rotatable bonds is 12. The molecule has 3 rings (SSSR count). The Morgan fingerprint density at radius 2 is 1.50 bits per heavy atom. The van der Waals surface area contributed by atoms with E-state index in [1.54, 1.807) is 18.2 Å². The Morgan fingerprint density at radius 3 is 2.10 bits per heavy atom. The summed E-state index contributed by atoms with van der Waals surface area (Å²) < 4.78 is 45.2. The average molecular weight is 659 g/mol. The first-order chi connectivity index (χ1) is 19.9. The topological polar surface area (TPSA) is 114 Å². The Hall–Kier alpha value is -3.38. The minimum Gasteiger partial charge on any atom is -0.495 e. The maximum Gasteiger partial charge on any atom is 0.265 e. The molecule has 0 radical (unpaired) electrons. The van der Waals surface area contributed by atoms with E-state index < -0.39 is 34.4 Å². The summed E-state index contributed by atoms with van der Waals surface area (Å²) in [5, 5.41) is 3.30. The van der Waals surface area contributed by atoms with Gasteiger partial charge < -0.3 is 24.4 Å². The first-order valence-electron chi connectivity index (χ1n) is 12.4. The van der Waals surface area contributed by atoms with Crippen molar-refractivity contribution in [3.05, 3.63) is 75.2 Å². The van der Waals surface area contributed by atoms with E-state index in [0.717, 1.165) is 4.31 Å². The van der Waals surface area contributed by atoms with Crippen LogP contribution < -0.4 is 23.8 Å². The van der Waals surface area contributed by atoms with Gasteiger partial charge in [-0.1, -0.05) is 40.9 Å². The molecule has 0 aliphatic heterocycles. The van der Waals surface area contributed by atoms with Crippen LogP contribution in [0.3, 0.4) is 0 Å². The number of hydrogen-bond donors (Lipinski definition) is 1. The molecule has 226 valence electrons. The van der Waals surface area contributed by atoms with Gasteiger partial charge in [-0.05, 0) is 55.0 Å². The number of amides is 2. The number of hydrogen-bond acceptors (Lipinski definition) is 7. The largest absolute Gasteiger partial charge is 0.495 e. The molecule has 1 unspecified atom stereocenters. The lowest BCUT2D eigenvalue weighted by Gasteiger charge is -2.32. The lowest BCUT2D eigenvalue weighted by molar-refractivity contribution is -0.139. The van der Waals surface area contributed by atoms with Gasteiger partial charge in [0.1, 0.15) is 18.3 Å². The van der Waals surface area contributed by atoms with Gasteiger partial charge in [-0.2, -0.15) is 0 Å². The van der Waals surface area contributed by atoms with E-state index in [0.29, 0.717) is 16.3 Å². The van der Waals surface area contributed by atoms with Crippen molar-refractivity contribution in [1.82, 2.24) is 10.2 Å². The molecular weight excluding hydrogens is 629 g/mol. The fraction of sp³-hybridized carbons (Fsp3) is 0.286. The van der Waals surface area contributed by atoms with Gasteiger partial charge in [0.15, 0.2) is 11.5 Å². The van der Waals surface area contributed by atoms with Crippen LogP contribution in [-0.4, -0.2) is 66.1 Å². The fourth-order valence-corrected chi connectivity index (χ4v) is 6.02. The van der Waals surface area contributed by atoms with Crippen molar-refractivity contribution in [3.8, 4) is 17.2 Å². The van der Waals surface area contributed by atoms with Crippen molar-refractivity contribution < 1.29 is 32.2 Å². The fourth-order valence-electron chi connectivity index (χ4n) is 4.10. The number of halogens is 3. The number of carbonyl (C=O) groups is 2. The summed E-state index contributed by atoms with van der Waals surface area (Å²) in [5.74, 6) is -0.531. The third-order valence-corrected chi connectivity index (χ3v) is 9.11. The molecule has 0 aliphatic rings.